The predicted octanol–water partition coefficient (Wildman–Crippen LogP) is 3.05. The molecule has 2 aromatic carbocycles. The zero-order valence-electron chi connectivity index (χ0n) is 16.8. The van der Waals surface area contributed by atoms with Crippen LogP contribution in [0.25, 0.3) is 0 Å². The number of hydrogen-bond donors (Lipinski definition) is 0. The van der Waals surface area contributed by atoms with Gasteiger partial charge in [0.05, 0.1) is 28.2 Å². The highest BCUT2D eigenvalue weighted by atomic mass is 32.2. The highest BCUT2D eigenvalue weighted by Gasteiger charge is 2.32. The molecule has 30 heavy (non-hydrogen) atoms. The van der Waals surface area contributed by atoms with Crippen molar-refractivity contribution < 1.29 is 31.9 Å². The number of morpholine rings is 1. The van der Waals surface area contributed by atoms with Crippen molar-refractivity contribution in [1.82, 2.24) is 4.31 Å². The number of nitrogens with zero attached hydrogens (tertiary/aromatic N) is 1. The Labute approximate surface area is 174 Å². The topological polar surface area (TPSA) is 90.0 Å². The van der Waals surface area contributed by atoms with Gasteiger partial charge in [-0.15, -0.1) is 0 Å². The molecular weight excluding hydrogens is 413 g/mol. The van der Waals surface area contributed by atoms with Gasteiger partial charge in [-0.05, 0) is 57.2 Å². The van der Waals surface area contributed by atoms with E-state index in [0.717, 1.165) is 12.1 Å². The van der Waals surface area contributed by atoms with Crippen LogP contribution in [0.1, 0.15) is 41.5 Å². The minimum atomic E-state index is -3.84. The summed E-state index contributed by atoms with van der Waals surface area (Å²) in [6, 6.07) is 8.69. The van der Waals surface area contributed by atoms with Crippen LogP contribution in [0.4, 0.5) is 4.39 Å². The molecule has 1 heterocycles. The molecule has 2 aromatic rings. The molecule has 0 amide bonds. The van der Waals surface area contributed by atoms with Crippen LogP contribution in [-0.4, -0.2) is 49.8 Å². The summed E-state index contributed by atoms with van der Waals surface area (Å²) < 4.78 is 51.6. The second kappa shape index (κ2) is 8.63. The first-order valence-electron chi connectivity index (χ1n) is 9.36. The van der Waals surface area contributed by atoms with Gasteiger partial charge in [0, 0.05) is 13.1 Å². The lowest BCUT2D eigenvalue weighted by Gasteiger charge is -2.34. The summed E-state index contributed by atoms with van der Waals surface area (Å²) in [4.78, 5) is 24.2. The Hall–Kier alpha value is -2.62. The standard InChI is InChI=1S/C21H22FNO6S/c1-13-11-23(12-14(2)28-13)30(26,27)18-6-4-5-16(9-18)21(25)29-20-8-7-17(22)10-19(20)15(3)24/h4-10,13-14H,11-12H2,1-3H3/t13-,14-/m1/s1. The van der Waals surface area contributed by atoms with Crippen LogP contribution in [0.3, 0.4) is 0 Å². The number of rotatable bonds is 5. The molecule has 0 aromatic heterocycles. The first-order valence-corrected chi connectivity index (χ1v) is 10.8. The number of carbonyl (C=O) groups is 2. The van der Waals surface area contributed by atoms with E-state index in [-0.39, 0.29) is 47.1 Å². The smallest absolute Gasteiger partial charge is 0.343 e. The van der Waals surface area contributed by atoms with Crippen LogP contribution < -0.4 is 4.74 Å². The first-order chi connectivity index (χ1) is 14.1. The second-order valence-corrected chi connectivity index (χ2v) is 9.13. The van der Waals surface area contributed by atoms with Crippen LogP contribution in [0.5, 0.6) is 5.75 Å². The average molecular weight is 435 g/mol. The summed E-state index contributed by atoms with van der Waals surface area (Å²) in [5.41, 5.74) is -0.0901. The van der Waals surface area contributed by atoms with E-state index < -0.39 is 27.6 Å². The maximum atomic E-state index is 13.4. The average Bonchev–Trinajstić information content (AvgIpc) is 2.68. The van der Waals surface area contributed by atoms with Gasteiger partial charge in [-0.1, -0.05) is 6.07 Å². The molecule has 0 bridgehead atoms. The fraction of sp³-hybridized carbons (Fsp3) is 0.333. The number of esters is 1. The van der Waals surface area contributed by atoms with E-state index in [9.17, 15) is 22.4 Å². The van der Waals surface area contributed by atoms with Gasteiger partial charge < -0.3 is 9.47 Å². The maximum absolute atomic E-state index is 13.4. The normalized spacial score (nSPS) is 20.0. The van der Waals surface area contributed by atoms with Gasteiger partial charge in [-0.2, -0.15) is 4.31 Å². The van der Waals surface area contributed by atoms with Crippen molar-refractivity contribution in [1.29, 1.82) is 0 Å². The largest absolute Gasteiger partial charge is 0.422 e. The minimum absolute atomic E-state index is 0.00995. The van der Waals surface area contributed by atoms with E-state index in [1.807, 2.05) is 0 Å². The molecule has 0 unspecified atom stereocenters. The van der Waals surface area contributed by atoms with Gasteiger partial charge in [0.25, 0.3) is 0 Å². The molecule has 1 saturated heterocycles. The predicted molar refractivity (Wildman–Crippen MR) is 107 cm³/mol. The Kier molecular flexibility index (Phi) is 6.35. The lowest BCUT2D eigenvalue weighted by atomic mass is 10.1. The lowest BCUT2D eigenvalue weighted by molar-refractivity contribution is -0.0440. The maximum Gasteiger partial charge on any atom is 0.343 e. The van der Waals surface area contributed by atoms with Crippen molar-refractivity contribution in [3.8, 4) is 5.75 Å². The van der Waals surface area contributed by atoms with Crippen LogP contribution in [0.15, 0.2) is 47.4 Å². The minimum Gasteiger partial charge on any atom is -0.422 e. The third kappa shape index (κ3) is 4.75. The van der Waals surface area contributed by atoms with Crippen molar-refractivity contribution in [3.63, 3.8) is 0 Å². The van der Waals surface area contributed by atoms with Crippen molar-refractivity contribution >= 4 is 21.8 Å². The van der Waals surface area contributed by atoms with E-state index >= 15 is 0 Å². The molecule has 0 aliphatic carbocycles. The second-order valence-electron chi connectivity index (χ2n) is 7.19. The molecule has 1 aliphatic rings. The lowest BCUT2D eigenvalue weighted by Crippen LogP contribution is -2.48. The quantitative estimate of drug-likeness (QED) is 0.407. The SMILES string of the molecule is CC(=O)c1cc(F)ccc1OC(=O)c1cccc(S(=O)(=O)N2C[C@@H](C)O[C@H](C)C2)c1. The molecule has 9 heteroatoms. The monoisotopic (exact) mass is 435 g/mol. The fourth-order valence-corrected chi connectivity index (χ4v) is 4.92. The fourth-order valence-electron chi connectivity index (χ4n) is 3.28. The van der Waals surface area contributed by atoms with Crippen molar-refractivity contribution in [2.24, 2.45) is 0 Å². The van der Waals surface area contributed by atoms with Gasteiger partial charge in [0.1, 0.15) is 11.6 Å². The van der Waals surface area contributed by atoms with Crippen LogP contribution in [-0.2, 0) is 14.8 Å². The van der Waals surface area contributed by atoms with E-state index in [1.165, 1.54) is 41.6 Å². The molecule has 2 atom stereocenters. The van der Waals surface area contributed by atoms with Crippen molar-refractivity contribution in [3.05, 3.63) is 59.4 Å². The Bertz CT molecular complexity index is 1070. The Morgan fingerprint density at radius 2 is 1.77 bits per heavy atom. The first kappa shape index (κ1) is 22.1. The third-order valence-electron chi connectivity index (χ3n) is 4.62. The molecular formula is C21H22FNO6S. The molecule has 7 nitrogen and oxygen atoms in total. The van der Waals surface area contributed by atoms with Gasteiger partial charge >= 0.3 is 5.97 Å². The highest BCUT2D eigenvalue weighted by molar-refractivity contribution is 7.89. The molecule has 0 N–H and O–H groups in total. The number of benzene rings is 2. The number of ketones is 1. The Balaban J connectivity index is 1.87. The molecule has 1 fully saturated rings. The van der Waals surface area contributed by atoms with Gasteiger partial charge in [-0.25, -0.2) is 17.6 Å². The van der Waals surface area contributed by atoms with Crippen LogP contribution >= 0.6 is 0 Å². The van der Waals surface area contributed by atoms with E-state index in [4.69, 9.17) is 9.47 Å². The summed E-state index contributed by atoms with van der Waals surface area (Å²) in [7, 11) is -3.84. The van der Waals surface area contributed by atoms with Crippen LogP contribution in [0.2, 0.25) is 0 Å². The highest BCUT2D eigenvalue weighted by Crippen LogP contribution is 2.24. The number of carbonyl (C=O) groups excluding carboxylic acids is 2. The number of ether oxygens (including phenoxy) is 2. The molecule has 3 rings (SSSR count). The Morgan fingerprint density at radius 3 is 2.40 bits per heavy atom. The Morgan fingerprint density at radius 1 is 1.10 bits per heavy atom. The molecule has 1 aliphatic heterocycles. The van der Waals surface area contributed by atoms with E-state index in [1.54, 1.807) is 13.8 Å². The number of sulfonamides is 1. The van der Waals surface area contributed by atoms with E-state index in [0.29, 0.717) is 0 Å². The van der Waals surface area contributed by atoms with Gasteiger partial charge in [0.15, 0.2) is 5.78 Å². The zero-order chi connectivity index (χ0) is 22.1. The summed E-state index contributed by atoms with van der Waals surface area (Å²) >= 11 is 0. The van der Waals surface area contributed by atoms with Crippen LogP contribution in [0, 0.1) is 5.82 Å². The summed E-state index contributed by atoms with van der Waals surface area (Å²) in [5, 5.41) is 0. The molecule has 0 saturated carbocycles. The zero-order valence-corrected chi connectivity index (χ0v) is 17.6. The molecule has 0 radical (unpaired) electrons. The summed E-state index contributed by atoms with van der Waals surface area (Å²) in [6.07, 6.45) is -0.500. The van der Waals surface area contributed by atoms with E-state index in [2.05, 4.69) is 0 Å². The van der Waals surface area contributed by atoms with Crippen molar-refractivity contribution in [2.45, 2.75) is 37.9 Å². The summed E-state index contributed by atoms with van der Waals surface area (Å²) in [6.45, 7) is 5.23. The van der Waals surface area contributed by atoms with Gasteiger partial charge in [0.2, 0.25) is 10.0 Å². The number of halogens is 1. The third-order valence-corrected chi connectivity index (χ3v) is 6.44. The van der Waals surface area contributed by atoms with Crippen molar-refractivity contribution in [2.75, 3.05) is 13.1 Å². The molecule has 0 spiro atoms. The number of Topliss-reactive ketones (excluding diaryl/α,β-unsaturated/α-hetero) is 1. The van der Waals surface area contributed by atoms with Gasteiger partial charge in [-0.3, -0.25) is 4.79 Å². The molecule has 160 valence electrons. The number of hydrogen-bond acceptors (Lipinski definition) is 6. The summed E-state index contributed by atoms with van der Waals surface area (Å²) in [5.74, 6) is -2.06.